The number of nitrogens with one attached hydrogen (secondary N) is 1. The third kappa shape index (κ3) is 4.62. The van der Waals surface area contributed by atoms with Crippen LogP contribution in [0, 0.1) is 15.9 Å². The van der Waals surface area contributed by atoms with Crippen LogP contribution in [0.4, 0.5) is 21.6 Å². The lowest BCUT2D eigenvalue weighted by Crippen LogP contribution is -2.26. The van der Waals surface area contributed by atoms with Crippen LogP contribution in [0.5, 0.6) is 5.75 Å². The Labute approximate surface area is 184 Å². The van der Waals surface area contributed by atoms with E-state index in [-0.39, 0.29) is 29.0 Å². The summed E-state index contributed by atoms with van der Waals surface area (Å²) in [5, 5.41) is 14.9. The maximum Gasteiger partial charge on any atom is 0.311 e. The summed E-state index contributed by atoms with van der Waals surface area (Å²) in [4.78, 5) is 32.1. The molecule has 0 bridgehead atoms. The number of benzene rings is 2. The van der Waals surface area contributed by atoms with E-state index in [0.29, 0.717) is 41.4 Å². The molecular formula is C20H17BrFN5O4. The number of anilines is 2. The minimum Gasteiger partial charge on any atom is -0.482 e. The smallest absolute Gasteiger partial charge is 0.311 e. The number of nitrogens with zero attached hydrogens (tertiary/aromatic N) is 4. The molecule has 1 saturated heterocycles. The maximum atomic E-state index is 14.2. The van der Waals surface area contributed by atoms with E-state index < -0.39 is 10.7 Å². The molecule has 2 heterocycles. The van der Waals surface area contributed by atoms with Crippen LogP contribution < -0.4 is 10.1 Å². The standard InChI is InChI=1S/C20H17BrFN5O4/c21-12-1-2-16(15(22)7-12)25-20-14-8-18(27(29)30)19(9-17(14)23-11-24-20)31-13-3-4-26(10-13)5-6-28/h1-2,6-9,11,13H,3-5,10H2,(H,23,24,25). The second kappa shape index (κ2) is 8.90. The lowest BCUT2D eigenvalue weighted by Gasteiger charge is -2.16. The molecule has 4 rings (SSSR count). The SMILES string of the molecule is O=CCN1CCC(Oc2cc3ncnc(Nc4ccc(Br)cc4F)c3cc2[N+](=O)[O-])C1. The molecule has 1 aromatic heterocycles. The summed E-state index contributed by atoms with van der Waals surface area (Å²) < 4.78 is 20.7. The van der Waals surface area contributed by atoms with E-state index in [1.165, 1.54) is 30.6 Å². The highest BCUT2D eigenvalue weighted by atomic mass is 79.9. The number of ether oxygens (including phenoxy) is 1. The van der Waals surface area contributed by atoms with Gasteiger partial charge < -0.3 is 14.8 Å². The Kier molecular flexibility index (Phi) is 6.05. The van der Waals surface area contributed by atoms with Gasteiger partial charge in [-0.25, -0.2) is 14.4 Å². The number of halogens is 2. The Balaban J connectivity index is 1.68. The first-order valence-corrected chi connectivity index (χ1v) is 10.2. The zero-order chi connectivity index (χ0) is 22.0. The van der Waals surface area contributed by atoms with Gasteiger partial charge >= 0.3 is 5.69 Å². The predicted molar refractivity (Wildman–Crippen MR) is 115 cm³/mol. The lowest BCUT2D eigenvalue weighted by molar-refractivity contribution is -0.385. The van der Waals surface area contributed by atoms with Gasteiger partial charge in [0.25, 0.3) is 0 Å². The Morgan fingerprint density at radius 1 is 1.35 bits per heavy atom. The second-order valence-electron chi connectivity index (χ2n) is 7.02. The van der Waals surface area contributed by atoms with Gasteiger partial charge in [-0.15, -0.1) is 0 Å². The van der Waals surface area contributed by atoms with Crippen LogP contribution in [0.25, 0.3) is 10.9 Å². The number of nitro groups is 1. The van der Waals surface area contributed by atoms with Gasteiger partial charge in [-0.1, -0.05) is 15.9 Å². The number of likely N-dealkylation sites (tertiary alicyclic amines) is 1. The van der Waals surface area contributed by atoms with Crippen molar-refractivity contribution in [3.05, 3.63) is 57.1 Å². The van der Waals surface area contributed by atoms with Crippen LogP contribution in [0.3, 0.4) is 0 Å². The van der Waals surface area contributed by atoms with E-state index in [2.05, 4.69) is 31.2 Å². The largest absolute Gasteiger partial charge is 0.482 e. The fourth-order valence-corrected chi connectivity index (χ4v) is 3.80. The molecule has 1 atom stereocenters. The minimum absolute atomic E-state index is 0.0925. The van der Waals surface area contributed by atoms with Gasteiger partial charge in [0.1, 0.15) is 30.4 Å². The number of carbonyl (C=O) groups is 1. The highest BCUT2D eigenvalue weighted by Gasteiger charge is 2.27. The topological polar surface area (TPSA) is 110 Å². The van der Waals surface area contributed by atoms with Gasteiger partial charge in [0.15, 0.2) is 5.75 Å². The van der Waals surface area contributed by atoms with Crippen molar-refractivity contribution < 1.29 is 18.8 Å². The molecule has 0 amide bonds. The maximum absolute atomic E-state index is 14.2. The van der Waals surface area contributed by atoms with Crippen LogP contribution in [0.2, 0.25) is 0 Å². The number of carbonyl (C=O) groups excluding carboxylic acids is 1. The number of rotatable bonds is 7. The molecule has 160 valence electrons. The minimum atomic E-state index is -0.538. The van der Waals surface area contributed by atoms with E-state index >= 15 is 0 Å². The fraction of sp³-hybridized carbons (Fsp3) is 0.250. The molecule has 1 aliphatic heterocycles. The number of nitro benzene ring substituents is 1. The van der Waals surface area contributed by atoms with Crippen molar-refractivity contribution in [2.45, 2.75) is 12.5 Å². The van der Waals surface area contributed by atoms with Crippen LogP contribution in [0.15, 0.2) is 41.1 Å². The van der Waals surface area contributed by atoms with Gasteiger partial charge in [-0.2, -0.15) is 0 Å². The summed E-state index contributed by atoms with van der Waals surface area (Å²) in [5.74, 6) is -0.175. The fourth-order valence-electron chi connectivity index (χ4n) is 3.47. The molecule has 0 saturated carbocycles. The second-order valence-corrected chi connectivity index (χ2v) is 7.94. The molecule has 11 heteroatoms. The Hall–Kier alpha value is -3.18. The van der Waals surface area contributed by atoms with E-state index in [4.69, 9.17) is 4.74 Å². The van der Waals surface area contributed by atoms with Crippen molar-refractivity contribution in [1.29, 1.82) is 0 Å². The number of aldehydes is 1. The molecule has 1 fully saturated rings. The first-order chi connectivity index (χ1) is 14.9. The monoisotopic (exact) mass is 489 g/mol. The predicted octanol–water partition coefficient (Wildman–Crippen LogP) is 3.84. The Morgan fingerprint density at radius 2 is 2.19 bits per heavy atom. The molecule has 1 N–H and O–H groups in total. The Morgan fingerprint density at radius 3 is 2.94 bits per heavy atom. The normalized spacial score (nSPS) is 16.4. The first-order valence-electron chi connectivity index (χ1n) is 9.42. The average molecular weight is 490 g/mol. The average Bonchev–Trinajstić information content (AvgIpc) is 3.17. The van der Waals surface area contributed by atoms with Gasteiger partial charge in [0.05, 0.1) is 28.1 Å². The van der Waals surface area contributed by atoms with Crippen LogP contribution in [0.1, 0.15) is 6.42 Å². The van der Waals surface area contributed by atoms with Crippen molar-refractivity contribution in [1.82, 2.24) is 14.9 Å². The molecule has 1 aliphatic rings. The zero-order valence-electron chi connectivity index (χ0n) is 16.1. The van der Waals surface area contributed by atoms with Gasteiger partial charge in [0, 0.05) is 29.7 Å². The van der Waals surface area contributed by atoms with Gasteiger partial charge in [0.2, 0.25) is 0 Å². The summed E-state index contributed by atoms with van der Waals surface area (Å²) in [7, 11) is 0. The number of aromatic nitrogens is 2. The van der Waals surface area contributed by atoms with Crippen molar-refractivity contribution in [2.75, 3.05) is 25.0 Å². The zero-order valence-corrected chi connectivity index (χ0v) is 17.7. The van der Waals surface area contributed by atoms with Crippen LogP contribution >= 0.6 is 15.9 Å². The summed E-state index contributed by atoms with van der Waals surface area (Å²) in [6, 6.07) is 7.31. The van der Waals surface area contributed by atoms with Crippen LogP contribution in [-0.2, 0) is 4.79 Å². The van der Waals surface area contributed by atoms with Gasteiger partial charge in [-0.05, 0) is 24.6 Å². The highest BCUT2D eigenvalue weighted by Crippen LogP contribution is 2.36. The molecular weight excluding hydrogens is 473 g/mol. The summed E-state index contributed by atoms with van der Waals surface area (Å²) >= 11 is 3.20. The number of hydrogen-bond donors (Lipinski definition) is 1. The van der Waals surface area contributed by atoms with E-state index in [1.54, 1.807) is 6.07 Å². The van der Waals surface area contributed by atoms with E-state index in [9.17, 15) is 19.3 Å². The number of hydrogen-bond acceptors (Lipinski definition) is 8. The van der Waals surface area contributed by atoms with Gasteiger partial charge in [-0.3, -0.25) is 15.0 Å². The summed E-state index contributed by atoms with van der Waals surface area (Å²) in [6.45, 7) is 1.49. The highest BCUT2D eigenvalue weighted by molar-refractivity contribution is 9.10. The third-order valence-corrected chi connectivity index (χ3v) is 5.45. The first kappa shape index (κ1) is 21.1. The van der Waals surface area contributed by atoms with E-state index in [0.717, 1.165) is 6.29 Å². The molecule has 3 aromatic rings. The molecule has 0 radical (unpaired) electrons. The third-order valence-electron chi connectivity index (χ3n) is 4.95. The molecule has 31 heavy (non-hydrogen) atoms. The molecule has 9 nitrogen and oxygen atoms in total. The molecule has 2 aromatic carbocycles. The van der Waals surface area contributed by atoms with Crippen LogP contribution in [-0.4, -0.2) is 51.8 Å². The van der Waals surface area contributed by atoms with Crippen molar-refractivity contribution in [3.63, 3.8) is 0 Å². The quantitative estimate of drug-likeness (QED) is 0.302. The molecule has 1 unspecified atom stereocenters. The Bertz CT molecular complexity index is 1160. The van der Waals surface area contributed by atoms with E-state index in [1.807, 2.05) is 4.90 Å². The summed E-state index contributed by atoms with van der Waals surface area (Å²) in [5.41, 5.74) is 0.348. The number of fused-ring (bicyclic) bond motifs is 1. The van der Waals surface area contributed by atoms with Crippen molar-refractivity contribution >= 4 is 50.3 Å². The lowest BCUT2D eigenvalue weighted by atomic mass is 10.2. The molecule has 0 spiro atoms. The summed E-state index contributed by atoms with van der Waals surface area (Å²) in [6.07, 6.45) is 2.49. The molecule has 0 aliphatic carbocycles. The van der Waals surface area contributed by atoms with Crippen molar-refractivity contribution in [2.24, 2.45) is 0 Å². The van der Waals surface area contributed by atoms with Crippen molar-refractivity contribution in [3.8, 4) is 5.75 Å².